The minimum Gasteiger partial charge on any atom is -0.378 e. The molecule has 0 saturated carbocycles. The number of hydrogen-bond acceptors (Lipinski definition) is 2. The van der Waals surface area contributed by atoms with Crippen molar-refractivity contribution in [3.05, 3.63) is 35.1 Å². The van der Waals surface area contributed by atoms with Gasteiger partial charge in [-0.3, -0.25) is 0 Å². The van der Waals surface area contributed by atoms with Crippen LogP contribution in [0.25, 0.3) is 0 Å². The van der Waals surface area contributed by atoms with E-state index in [0.717, 1.165) is 24.3 Å². The largest absolute Gasteiger partial charge is 0.378 e. The lowest BCUT2D eigenvalue weighted by molar-refractivity contribution is 0.0768. The van der Waals surface area contributed by atoms with E-state index >= 15 is 0 Å². The molecule has 0 amide bonds. The number of nitrogens with one attached hydrogen (secondary N) is 1. The maximum absolute atomic E-state index is 13.8. The van der Waals surface area contributed by atoms with Crippen molar-refractivity contribution in [2.75, 3.05) is 19.8 Å². The molecule has 2 nitrogen and oxygen atoms in total. The van der Waals surface area contributed by atoms with E-state index in [-0.39, 0.29) is 17.8 Å². The van der Waals surface area contributed by atoms with E-state index in [9.17, 15) is 4.39 Å². The number of benzene rings is 1. The summed E-state index contributed by atoms with van der Waals surface area (Å²) in [6.07, 6.45) is 0. The first-order valence-corrected chi connectivity index (χ1v) is 5.79. The number of morpholine rings is 1. The molecule has 1 aromatic carbocycles. The second-order valence-corrected chi connectivity index (χ2v) is 4.52. The summed E-state index contributed by atoms with van der Waals surface area (Å²) in [6, 6.07) is 5.63. The Morgan fingerprint density at radius 2 is 2.25 bits per heavy atom. The van der Waals surface area contributed by atoms with E-state index in [0.29, 0.717) is 6.61 Å². The molecule has 0 radical (unpaired) electrons. The SMILES string of the molecule is CC(C)c1ccc(C2COCCN2)cc1F. The lowest BCUT2D eigenvalue weighted by Crippen LogP contribution is -2.34. The van der Waals surface area contributed by atoms with Gasteiger partial charge in [-0.05, 0) is 23.1 Å². The average Bonchev–Trinajstić information content (AvgIpc) is 2.29. The molecule has 1 unspecified atom stereocenters. The van der Waals surface area contributed by atoms with Gasteiger partial charge in [0.15, 0.2) is 0 Å². The quantitative estimate of drug-likeness (QED) is 0.832. The van der Waals surface area contributed by atoms with E-state index in [1.165, 1.54) is 0 Å². The molecule has 16 heavy (non-hydrogen) atoms. The highest BCUT2D eigenvalue weighted by Crippen LogP contribution is 2.23. The molecule has 1 atom stereocenters. The van der Waals surface area contributed by atoms with Crippen LogP contribution in [-0.4, -0.2) is 19.8 Å². The van der Waals surface area contributed by atoms with Gasteiger partial charge in [0, 0.05) is 6.54 Å². The Hall–Kier alpha value is -0.930. The van der Waals surface area contributed by atoms with Crippen LogP contribution in [0.5, 0.6) is 0 Å². The van der Waals surface area contributed by atoms with Gasteiger partial charge >= 0.3 is 0 Å². The molecule has 3 heteroatoms. The molecule has 2 rings (SSSR count). The summed E-state index contributed by atoms with van der Waals surface area (Å²) < 4.78 is 19.2. The van der Waals surface area contributed by atoms with E-state index in [4.69, 9.17) is 4.74 Å². The minimum atomic E-state index is -0.111. The fraction of sp³-hybridized carbons (Fsp3) is 0.538. The molecular formula is C13H18FNO. The van der Waals surface area contributed by atoms with Crippen LogP contribution in [0.2, 0.25) is 0 Å². The van der Waals surface area contributed by atoms with Gasteiger partial charge in [0.2, 0.25) is 0 Å². The van der Waals surface area contributed by atoms with Crippen molar-refractivity contribution >= 4 is 0 Å². The van der Waals surface area contributed by atoms with Crippen molar-refractivity contribution in [3.8, 4) is 0 Å². The molecule has 1 saturated heterocycles. The summed E-state index contributed by atoms with van der Waals surface area (Å²) in [5.74, 6) is 0.115. The maximum atomic E-state index is 13.8. The molecule has 1 heterocycles. The summed E-state index contributed by atoms with van der Waals surface area (Å²) in [5, 5.41) is 3.32. The summed E-state index contributed by atoms with van der Waals surface area (Å²) in [7, 11) is 0. The van der Waals surface area contributed by atoms with E-state index < -0.39 is 0 Å². The van der Waals surface area contributed by atoms with Gasteiger partial charge in [-0.2, -0.15) is 0 Å². The van der Waals surface area contributed by atoms with E-state index in [1.807, 2.05) is 26.0 Å². The molecule has 0 aromatic heterocycles. The third kappa shape index (κ3) is 2.42. The van der Waals surface area contributed by atoms with E-state index in [1.54, 1.807) is 6.07 Å². The molecule has 88 valence electrons. The van der Waals surface area contributed by atoms with Crippen molar-refractivity contribution < 1.29 is 9.13 Å². The smallest absolute Gasteiger partial charge is 0.126 e. The normalized spacial score (nSPS) is 21.4. The fourth-order valence-corrected chi connectivity index (χ4v) is 2.01. The van der Waals surface area contributed by atoms with Crippen LogP contribution in [0.3, 0.4) is 0 Å². The highest BCUT2D eigenvalue weighted by molar-refractivity contribution is 5.28. The Kier molecular flexibility index (Phi) is 3.56. The zero-order valence-electron chi connectivity index (χ0n) is 9.79. The van der Waals surface area contributed by atoms with Crippen molar-refractivity contribution in [2.24, 2.45) is 0 Å². The number of halogens is 1. The second kappa shape index (κ2) is 4.93. The Balaban J connectivity index is 2.19. The van der Waals surface area contributed by atoms with Crippen LogP contribution in [0.15, 0.2) is 18.2 Å². The van der Waals surface area contributed by atoms with Crippen molar-refractivity contribution in [2.45, 2.75) is 25.8 Å². The number of hydrogen-bond donors (Lipinski definition) is 1. The monoisotopic (exact) mass is 223 g/mol. The lowest BCUT2D eigenvalue weighted by atomic mass is 9.98. The van der Waals surface area contributed by atoms with Gasteiger partial charge in [-0.1, -0.05) is 26.0 Å². The molecule has 1 fully saturated rings. The Labute approximate surface area is 95.8 Å². The predicted octanol–water partition coefficient (Wildman–Crippen LogP) is 2.61. The standard InChI is InChI=1S/C13H18FNO/c1-9(2)11-4-3-10(7-12(11)14)13-8-16-6-5-15-13/h3-4,7,9,13,15H,5-6,8H2,1-2H3. The van der Waals surface area contributed by atoms with E-state index in [2.05, 4.69) is 5.32 Å². The van der Waals surface area contributed by atoms with Crippen LogP contribution < -0.4 is 5.32 Å². The molecule has 1 aliphatic rings. The fourth-order valence-electron chi connectivity index (χ4n) is 2.01. The van der Waals surface area contributed by atoms with Crippen molar-refractivity contribution in [3.63, 3.8) is 0 Å². The van der Waals surface area contributed by atoms with Gasteiger partial charge in [-0.15, -0.1) is 0 Å². The third-order valence-electron chi connectivity index (χ3n) is 2.97. The summed E-state index contributed by atoms with van der Waals surface area (Å²) >= 11 is 0. The average molecular weight is 223 g/mol. The van der Waals surface area contributed by atoms with Crippen LogP contribution in [0, 0.1) is 5.82 Å². The number of rotatable bonds is 2. The van der Waals surface area contributed by atoms with Gasteiger partial charge < -0.3 is 10.1 Å². The molecule has 0 bridgehead atoms. The Morgan fingerprint density at radius 1 is 1.44 bits per heavy atom. The first-order valence-electron chi connectivity index (χ1n) is 5.79. The zero-order chi connectivity index (χ0) is 11.5. The highest BCUT2D eigenvalue weighted by atomic mass is 19.1. The van der Waals surface area contributed by atoms with Gasteiger partial charge in [0.25, 0.3) is 0 Å². The molecule has 1 aromatic rings. The summed E-state index contributed by atoms with van der Waals surface area (Å²) in [4.78, 5) is 0. The first kappa shape index (κ1) is 11.6. The predicted molar refractivity (Wildman–Crippen MR) is 62.1 cm³/mol. The molecule has 1 aliphatic heterocycles. The van der Waals surface area contributed by atoms with Crippen LogP contribution in [-0.2, 0) is 4.74 Å². The molecule has 1 N–H and O–H groups in total. The molecule has 0 spiro atoms. The molecular weight excluding hydrogens is 205 g/mol. The molecule has 0 aliphatic carbocycles. The summed E-state index contributed by atoms with van der Waals surface area (Å²) in [5.41, 5.74) is 1.75. The lowest BCUT2D eigenvalue weighted by Gasteiger charge is -2.24. The number of ether oxygens (including phenoxy) is 1. The topological polar surface area (TPSA) is 21.3 Å². The first-order chi connectivity index (χ1) is 7.68. The third-order valence-corrected chi connectivity index (χ3v) is 2.97. The zero-order valence-corrected chi connectivity index (χ0v) is 9.79. The minimum absolute atomic E-state index is 0.111. The van der Waals surface area contributed by atoms with Gasteiger partial charge in [0.1, 0.15) is 5.82 Å². The maximum Gasteiger partial charge on any atom is 0.126 e. The van der Waals surface area contributed by atoms with Crippen LogP contribution in [0.4, 0.5) is 4.39 Å². The second-order valence-electron chi connectivity index (χ2n) is 4.52. The van der Waals surface area contributed by atoms with Gasteiger partial charge in [0.05, 0.1) is 19.3 Å². The Morgan fingerprint density at radius 3 is 2.81 bits per heavy atom. The summed E-state index contributed by atoms with van der Waals surface area (Å²) in [6.45, 7) is 6.20. The highest BCUT2D eigenvalue weighted by Gasteiger charge is 2.17. The van der Waals surface area contributed by atoms with Crippen molar-refractivity contribution in [1.29, 1.82) is 0 Å². The van der Waals surface area contributed by atoms with Crippen LogP contribution in [0.1, 0.15) is 36.9 Å². The van der Waals surface area contributed by atoms with Gasteiger partial charge in [-0.25, -0.2) is 4.39 Å². The Bertz CT molecular complexity index is 359. The van der Waals surface area contributed by atoms with Crippen molar-refractivity contribution in [1.82, 2.24) is 5.32 Å². The van der Waals surface area contributed by atoms with Crippen LogP contribution >= 0.6 is 0 Å².